The van der Waals surface area contributed by atoms with Crippen LogP contribution in [0.5, 0.6) is 5.75 Å². The first-order valence-corrected chi connectivity index (χ1v) is 13.6. The number of hydrazine groups is 1. The van der Waals surface area contributed by atoms with Crippen molar-refractivity contribution in [1.29, 1.82) is 5.26 Å². The average Bonchev–Trinajstić information content (AvgIpc) is 3.62. The number of imide groups is 1. The predicted molar refractivity (Wildman–Crippen MR) is 156 cm³/mol. The van der Waals surface area contributed by atoms with Crippen LogP contribution in [0.2, 0.25) is 0 Å². The van der Waals surface area contributed by atoms with E-state index in [1.165, 1.54) is 28.7 Å². The third kappa shape index (κ3) is 5.94. The molecule has 4 heterocycles. The molecule has 0 fully saturated rings. The highest BCUT2D eigenvalue weighted by Crippen LogP contribution is 2.42. The summed E-state index contributed by atoms with van der Waals surface area (Å²) in [6.07, 6.45) is 1.78. The second-order valence-corrected chi connectivity index (χ2v) is 10.5. The molecule has 1 aromatic carbocycles. The van der Waals surface area contributed by atoms with E-state index in [9.17, 15) is 9.59 Å². The maximum absolute atomic E-state index is 12.6. The van der Waals surface area contributed by atoms with Crippen molar-refractivity contribution in [2.45, 2.75) is 20.3 Å². The standard InChI is InChI=1S/C27H24N6O3S2.ClH/c1-16-15-21(34)33(27(16)35)32-25-22-17(2)23(38-26(22)31-24(30-25)20-5-3-14-37-20)18-6-8-19(9-7-18)36-13-12-29-11-4-10-28;/h3,5-9,14-15,29H,4,11-13H2,1-2H3,(H,30,31,32);1H. The smallest absolute Gasteiger partial charge is 0.275 e. The highest BCUT2D eigenvalue weighted by Gasteiger charge is 2.30. The lowest BCUT2D eigenvalue weighted by atomic mass is 10.1. The molecule has 2 amide bonds. The van der Waals surface area contributed by atoms with E-state index in [4.69, 9.17) is 20.0 Å². The third-order valence-electron chi connectivity index (χ3n) is 5.93. The first-order valence-electron chi connectivity index (χ1n) is 12.0. The van der Waals surface area contributed by atoms with Gasteiger partial charge in [-0.15, -0.1) is 35.1 Å². The van der Waals surface area contributed by atoms with Crippen molar-refractivity contribution in [3.63, 3.8) is 0 Å². The first-order chi connectivity index (χ1) is 18.5. The van der Waals surface area contributed by atoms with Crippen LogP contribution in [0.25, 0.3) is 31.4 Å². The zero-order valence-electron chi connectivity index (χ0n) is 21.2. The van der Waals surface area contributed by atoms with Crippen LogP contribution in [-0.2, 0) is 9.59 Å². The van der Waals surface area contributed by atoms with Crippen molar-refractivity contribution in [3.8, 4) is 33.0 Å². The van der Waals surface area contributed by atoms with E-state index in [1.54, 1.807) is 6.92 Å². The number of ether oxygens (including phenoxy) is 1. The molecule has 0 atom stereocenters. The zero-order valence-corrected chi connectivity index (χ0v) is 23.6. The van der Waals surface area contributed by atoms with E-state index in [0.29, 0.717) is 43.3 Å². The SMILES string of the molecule is CC1=CC(=O)N(Nc2nc(-c3cccs3)nc3sc(-c4ccc(OCCNCCC#N)cc4)c(C)c23)C1=O.Cl. The van der Waals surface area contributed by atoms with E-state index in [0.717, 1.165) is 41.9 Å². The Bertz CT molecular complexity index is 1580. The molecular formula is C27H25ClN6O3S2. The number of aromatic nitrogens is 2. The maximum atomic E-state index is 12.6. The fourth-order valence-corrected chi connectivity index (χ4v) is 5.87. The first kappa shape index (κ1) is 28.2. The second-order valence-electron chi connectivity index (χ2n) is 8.56. The minimum atomic E-state index is -0.430. The number of rotatable bonds is 10. The Kier molecular flexibility index (Phi) is 8.93. The van der Waals surface area contributed by atoms with Gasteiger partial charge in [-0.3, -0.25) is 15.0 Å². The quantitative estimate of drug-likeness (QED) is 0.190. The van der Waals surface area contributed by atoms with Gasteiger partial charge in [-0.05, 0) is 60.7 Å². The Hall–Kier alpha value is -3.82. The predicted octanol–water partition coefficient (Wildman–Crippen LogP) is 5.34. The molecule has 12 heteroatoms. The minimum Gasteiger partial charge on any atom is -0.492 e. The third-order valence-corrected chi connectivity index (χ3v) is 8.03. The number of amides is 2. The van der Waals surface area contributed by atoms with Crippen molar-refractivity contribution in [3.05, 3.63) is 59.0 Å². The van der Waals surface area contributed by atoms with Crippen LogP contribution in [-0.4, -0.2) is 46.5 Å². The van der Waals surface area contributed by atoms with Gasteiger partial charge in [0.2, 0.25) is 0 Å². The lowest BCUT2D eigenvalue weighted by Crippen LogP contribution is -2.36. The fourth-order valence-electron chi connectivity index (χ4n) is 4.02. The molecule has 9 nitrogen and oxygen atoms in total. The number of nitriles is 1. The number of hydrogen-bond donors (Lipinski definition) is 2. The molecule has 200 valence electrons. The summed E-state index contributed by atoms with van der Waals surface area (Å²) in [6, 6.07) is 13.8. The fraction of sp³-hybridized carbons (Fsp3) is 0.222. The molecule has 0 spiro atoms. The monoisotopic (exact) mass is 580 g/mol. The maximum Gasteiger partial charge on any atom is 0.275 e. The molecule has 0 radical (unpaired) electrons. The zero-order chi connectivity index (χ0) is 26.6. The van der Waals surface area contributed by atoms with Crippen LogP contribution >= 0.6 is 35.1 Å². The molecule has 39 heavy (non-hydrogen) atoms. The van der Waals surface area contributed by atoms with Crippen LogP contribution in [0, 0.1) is 18.3 Å². The minimum absolute atomic E-state index is 0. The van der Waals surface area contributed by atoms with Crippen LogP contribution < -0.4 is 15.5 Å². The molecule has 0 unspecified atom stereocenters. The number of hydrogen-bond acceptors (Lipinski definition) is 10. The summed E-state index contributed by atoms with van der Waals surface area (Å²) >= 11 is 3.05. The summed E-state index contributed by atoms with van der Waals surface area (Å²) in [5.74, 6) is 0.862. The highest BCUT2D eigenvalue weighted by atomic mass is 35.5. The van der Waals surface area contributed by atoms with Crippen molar-refractivity contribution >= 4 is 62.9 Å². The number of carbonyl (C=O) groups excluding carboxylic acids is 2. The summed E-state index contributed by atoms with van der Waals surface area (Å²) in [7, 11) is 0. The molecule has 4 aromatic rings. The lowest BCUT2D eigenvalue weighted by molar-refractivity contribution is -0.135. The van der Waals surface area contributed by atoms with E-state index < -0.39 is 11.8 Å². The van der Waals surface area contributed by atoms with Gasteiger partial charge < -0.3 is 10.1 Å². The molecule has 0 saturated carbocycles. The summed E-state index contributed by atoms with van der Waals surface area (Å²) in [5, 5.41) is 15.5. The van der Waals surface area contributed by atoms with Crippen molar-refractivity contribution < 1.29 is 14.3 Å². The number of nitrogens with zero attached hydrogens (tertiary/aromatic N) is 4. The number of anilines is 1. The molecule has 0 bridgehead atoms. The van der Waals surface area contributed by atoms with Crippen LogP contribution in [0.15, 0.2) is 53.4 Å². The summed E-state index contributed by atoms with van der Waals surface area (Å²) in [6.45, 7) is 5.42. The van der Waals surface area contributed by atoms with E-state index >= 15 is 0 Å². The van der Waals surface area contributed by atoms with Crippen LogP contribution in [0.4, 0.5) is 5.82 Å². The molecule has 0 aliphatic carbocycles. The molecule has 1 aliphatic heterocycles. The van der Waals surface area contributed by atoms with Crippen LogP contribution in [0.3, 0.4) is 0 Å². The van der Waals surface area contributed by atoms with E-state index in [-0.39, 0.29) is 12.4 Å². The van der Waals surface area contributed by atoms with Gasteiger partial charge in [0.25, 0.3) is 11.8 Å². The van der Waals surface area contributed by atoms with Gasteiger partial charge in [-0.1, -0.05) is 6.07 Å². The van der Waals surface area contributed by atoms with E-state index in [1.807, 2.05) is 48.7 Å². The number of halogens is 1. The van der Waals surface area contributed by atoms with Crippen molar-refractivity contribution in [2.24, 2.45) is 0 Å². The number of aryl methyl sites for hydroxylation is 1. The molecule has 1 aliphatic rings. The van der Waals surface area contributed by atoms with Crippen molar-refractivity contribution in [2.75, 3.05) is 25.1 Å². The highest BCUT2D eigenvalue weighted by molar-refractivity contribution is 7.22. The number of fused-ring (bicyclic) bond motifs is 1. The summed E-state index contributed by atoms with van der Waals surface area (Å²) < 4.78 is 5.80. The Labute approximate surface area is 239 Å². The van der Waals surface area contributed by atoms with E-state index in [2.05, 4.69) is 16.8 Å². The normalized spacial score (nSPS) is 12.8. The molecule has 5 rings (SSSR count). The van der Waals surface area contributed by atoms with Gasteiger partial charge in [0.1, 0.15) is 17.2 Å². The Morgan fingerprint density at radius 2 is 1.90 bits per heavy atom. The van der Waals surface area contributed by atoms with Gasteiger partial charge in [0.15, 0.2) is 11.6 Å². The van der Waals surface area contributed by atoms with Crippen LogP contribution in [0.1, 0.15) is 18.9 Å². The molecule has 0 saturated heterocycles. The number of carbonyl (C=O) groups is 2. The Balaban J connectivity index is 0.00000353. The average molecular weight is 581 g/mol. The van der Waals surface area contributed by atoms with Gasteiger partial charge >= 0.3 is 0 Å². The molecular weight excluding hydrogens is 556 g/mol. The van der Waals surface area contributed by atoms with Gasteiger partial charge in [0.05, 0.1) is 16.3 Å². The van der Waals surface area contributed by atoms with Crippen molar-refractivity contribution in [1.82, 2.24) is 20.3 Å². The second kappa shape index (κ2) is 12.4. The van der Waals surface area contributed by atoms with Gasteiger partial charge in [-0.2, -0.15) is 10.3 Å². The Morgan fingerprint density at radius 1 is 1.10 bits per heavy atom. The number of thiophene rings is 2. The number of benzene rings is 1. The molecule has 2 N–H and O–H groups in total. The van der Waals surface area contributed by atoms with Gasteiger partial charge in [-0.25, -0.2) is 9.97 Å². The topological polar surface area (TPSA) is 120 Å². The number of nitrogens with one attached hydrogen (secondary N) is 2. The largest absolute Gasteiger partial charge is 0.492 e. The molecule has 3 aromatic heterocycles. The summed E-state index contributed by atoms with van der Waals surface area (Å²) in [4.78, 5) is 37.2. The summed E-state index contributed by atoms with van der Waals surface area (Å²) in [5.41, 5.74) is 5.29. The Morgan fingerprint density at radius 3 is 2.56 bits per heavy atom. The van der Waals surface area contributed by atoms with Gasteiger partial charge in [0, 0.05) is 36.0 Å². The lowest BCUT2D eigenvalue weighted by Gasteiger charge is -2.17.